The third-order valence-electron chi connectivity index (χ3n) is 5.71. The molecule has 152 valence electrons. The molecule has 1 unspecified atom stereocenters. The second-order valence-corrected chi connectivity index (χ2v) is 11.3. The fraction of sp³-hybridized carbons (Fsp3) is 0.947. The minimum atomic E-state index is -2.92. The highest BCUT2D eigenvalue weighted by Gasteiger charge is 2.27. The van der Waals surface area contributed by atoms with E-state index in [0.717, 1.165) is 24.8 Å². The Kier molecular flexibility index (Phi) is 7.76. The quantitative estimate of drug-likeness (QED) is 0.492. The maximum atomic E-state index is 11.4. The molecule has 1 heterocycles. The van der Waals surface area contributed by atoms with Crippen LogP contribution in [0, 0.1) is 11.3 Å². The zero-order valence-electron chi connectivity index (χ0n) is 17.1. The lowest BCUT2D eigenvalue weighted by Gasteiger charge is -2.27. The van der Waals surface area contributed by atoms with Gasteiger partial charge >= 0.3 is 0 Å². The molecule has 1 aliphatic carbocycles. The molecule has 6 nitrogen and oxygen atoms in total. The van der Waals surface area contributed by atoms with Crippen molar-refractivity contribution >= 4 is 15.8 Å². The molecule has 1 saturated carbocycles. The highest BCUT2D eigenvalue weighted by atomic mass is 32.2. The number of nitrogens with one attached hydrogen (secondary N) is 2. The molecule has 1 atom stereocenters. The molecule has 0 aromatic carbocycles. The van der Waals surface area contributed by atoms with Gasteiger partial charge in [0.25, 0.3) is 0 Å². The predicted octanol–water partition coefficient (Wildman–Crippen LogP) is 1.88. The van der Waals surface area contributed by atoms with Crippen molar-refractivity contribution in [2.75, 3.05) is 45.2 Å². The Bertz CT molecular complexity index is 568. The Balaban J connectivity index is 1.72. The lowest BCUT2D eigenvalue weighted by atomic mass is 9.90. The van der Waals surface area contributed by atoms with Gasteiger partial charge in [-0.1, -0.05) is 26.7 Å². The van der Waals surface area contributed by atoms with Crippen molar-refractivity contribution < 1.29 is 8.42 Å². The van der Waals surface area contributed by atoms with Gasteiger partial charge in [0.1, 0.15) is 9.84 Å². The zero-order valence-corrected chi connectivity index (χ0v) is 17.9. The van der Waals surface area contributed by atoms with Gasteiger partial charge in [-0.3, -0.25) is 4.99 Å². The number of likely N-dealkylation sites (tertiary alicyclic amines) is 1. The van der Waals surface area contributed by atoms with Crippen LogP contribution in [0.3, 0.4) is 0 Å². The van der Waals surface area contributed by atoms with E-state index in [-0.39, 0.29) is 11.2 Å². The molecule has 0 spiro atoms. The Morgan fingerprint density at radius 1 is 1.23 bits per heavy atom. The first-order valence-electron chi connectivity index (χ1n) is 10.0. The van der Waals surface area contributed by atoms with E-state index in [1.807, 2.05) is 0 Å². The average Bonchev–Trinajstić information content (AvgIpc) is 3.21. The topological polar surface area (TPSA) is 73.8 Å². The van der Waals surface area contributed by atoms with E-state index in [4.69, 9.17) is 0 Å². The van der Waals surface area contributed by atoms with Crippen molar-refractivity contribution in [2.24, 2.45) is 16.3 Å². The summed E-state index contributed by atoms with van der Waals surface area (Å²) in [6.45, 7) is 8.41. The smallest absolute Gasteiger partial charge is 0.191 e. The minimum Gasteiger partial charge on any atom is -0.356 e. The van der Waals surface area contributed by atoms with Gasteiger partial charge in [0.2, 0.25) is 0 Å². The van der Waals surface area contributed by atoms with Gasteiger partial charge < -0.3 is 15.5 Å². The highest BCUT2D eigenvalue weighted by Crippen LogP contribution is 2.26. The van der Waals surface area contributed by atoms with Gasteiger partial charge in [-0.05, 0) is 37.0 Å². The maximum absolute atomic E-state index is 11.4. The fourth-order valence-electron chi connectivity index (χ4n) is 3.94. The average molecular weight is 387 g/mol. The van der Waals surface area contributed by atoms with E-state index in [0.29, 0.717) is 19.0 Å². The summed E-state index contributed by atoms with van der Waals surface area (Å²) in [5.41, 5.74) is -0.0924. The lowest BCUT2D eigenvalue weighted by molar-refractivity contribution is 0.275. The van der Waals surface area contributed by atoms with Crippen LogP contribution >= 0.6 is 0 Å². The SMILES string of the molecule is CN=C(NCC(C)(C)CCS(C)(=O)=O)NC1CCN(CC2CCCC2)C1. The van der Waals surface area contributed by atoms with E-state index in [1.54, 1.807) is 7.05 Å². The highest BCUT2D eigenvalue weighted by molar-refractivity contribution is 7.90. The standard InChI is InChI=1S/C19H38N4O2S/c1-19(2,10-12-26(4,24)25)15-21-18(20-3)22-17-9-11-23(14-17)13-16-7-5-6-8-16/h16-17H,5-15H2,1-4H3,(H2,20,21,22). The predicted molar refractivity (Wildman–Crippen MR) is 109 cm³/mol. The molecule has 2 N–H and O–H groups in total. The molecule has 2 rings (SSSR count). The molecule has 0 aromatic heterocycles. The summed E-state index contributed by atoms with van der Waals surface area (Å²) in [5, 5.41) is 6.93. The van der Waals surface area contributed by atoms with Crippen LogP contribution in [0.4, 0.5) is 0 Å². The van der Waals surface area contributed by atoms with E-state index in [9.17, 15) is 8.42 Å². The van der Waals surface area contributed by atoms with Crippen LogP contribution in [0.25, 0.3) is 0 Å². The third-order valence-corrected chi connectivity index (χ3v) is 6.66. The Morgan fingerprint density at radius 3 is 2.54 bits per heavy atom. The van der Waals surface area contributed by atoms with Gasteiger partial charge in [-0.25, -0.2) is 8.42 Å². The number of hydrogen-bond acceptors (Lipinski definition) is 4. The van der Waals surface area contributed by atoms with E-state index in [1.165, 1.54) is 45.0 Å². The summed E-state index contributed by atoms with van der Waals surface area (Å²) >= 11 is 0. The van der Waals surface area contributed by atoms with Crippen molar-refractivity contribution in [3.8, 4) is 0 Å². The second kappa shape index (κ2) is 9.40. The molecule has 0 amide bonds. The number of rotatable bonds is 8. The molecule has 0 bridgehead atoms. The largest absolute Gasteiger partial charge is 0.356 e. The van der Waals surface area contributed by atoms with Crippen molar-refractivity contribution in [3.63, 3.8) is 0 Å². The van der Waals surface area contributed by atoms with E-state index in [2.05, 4.69) is 34.4 Å². The first-order chi connectivity index (χ1) is 12.2. The number of guanidine groups is 1. The summed E-state index contributed by atoms with van der Waals surface area (Å²) in [7, 11) is -1.12. The van der Waals surface area contributed by atoms with Crippen LogP contribution < -0.4 is 10.6 Å². The summed E-state index contributed by atoms with van der Waals surface area (Å²) in [6, 6.07) is 0.446. The third kappa shape index (κ3) is 7.82. The first kappa shape index (κ1) is 21.5. The lowest BCUT2D eigenvalue weighted by Crippen LogP contribution is -2.47. The van der Waals surface area contributed by atoms with Crippen molar-refractivity contribution in [3.05, 3.63) is 0 Å². The summed E-state index contributed by atoms with van der Waals surface area (Å²) in [5.74, 6) is 1.96. The molecule has 7 heteroatoms. The summed E-state index contributed by atoms with van der Waals surface area (Å²) < 4.78 is 22.8. The Labute approximate surface area is 160 Å². The molecule has 1 aliphatic heterocycles. The monoisotopic (exact) mass is 386 g/mol. The van der Waals surface area contributed by atoms with Crippen LogP contribution in [-0.2, 0) is 9.84 Å². The van der Waals surface area contributed by atoms with Crippen LogP contribution in [0.2, 0.25) is 0 Å². The van der Waals surface area contributed by atoms with Gasteiger partial charge in [0.05, 0.1) is 5.75 Å². The summed E-state index contributed by atoms with van der Waals surface area (Å²) in [4.78, 5) is 6.94. The van der Waals surface area contributed by atoms with Crippen molar-refractivity contribution in [2.45, 2.75) is 58.4 Å². The van der Waals surface area contributed by atoms with E-state index >= 15 is 0 Å². The van der Waals surface area contributed by atoms with Crippen LogP contribution in [-0.4, -0.2) is 70.6 Å². The second-order valence-electron chi connectivity index (χ2n) is 9.01. The molecular formula is C19H38N4O2S. The summed E-state index contributed by atoms with van der Waals surface area (Å²) in [6.07, 6.45) is 8.73. The normalized spacial score (nSPS) is 23.5. The van der Waals surface area contributed by atoms with Crippen LogP contribution in [0.1, 0.15) is 52.4 Å². The van der Waals surface area contributed by atoms with Crippen LogP contribution in [0.15, 0.2) is 4.99 Å². The number of sulfone groups is 1. The molecule has 26 heavy (non-hydrogen) atoms. The minimum absolute atomic E-state index is 0.0924. The Morgan fingerprint density at radius 2 is 1.92 bits per heavy atom. The molecular weight excluding hydrogens is 348 g/mol. The Hall–Kier alpha value is -0.820. The molecule has 2 fully saturated rings. The maximum Gasteiger partial charge on any atom is 0.191 e. The van der Waals surface area contributed by atoms with Gasteiger partial charge in [-0.15, -0.1) is 0 Å². The van der Waals surface area contributed by atoms with E-state index < -0.39 is 9.84 Å². The zero-order chi connectivity index (χ0) is 19.2. The van der Waals surface area contributed by atoms with Gasteiger partial charge in [0.15, 0.2) is 5.96 Å². The van der Waals surface area contributed by atoms with Crippen molar-refractivity contribution in [1.29, 1.82) is 0 Å². The van der Waals surface area contributed by atoms with Crippen molar-refractivity contribution in [1.82, 2.24) is 15.5 Å². The van der Waals surface area contributed by atoms with Crippen LogP contribution in [0.5, 0.6) is 0 Å². The number of hydrogen-bond donors (Lipinski definition) is 2. The van der Waals surface area contributed by atoms with Gasteiger partial charge in [0, 0.05) is 45.5 Å². The first-order valence-corrected chi connectivity index (χ1v) is 12.1. The fourth-order valence-corrected chi connectivity index (χ4v) is 4.86. The van der Waals surface area contributed by atoms with Gasteiger partial charge in [-0.2, -0.15) is 0 Å². The molecule has 0 aromatic rings. The number of nitrogens with zero attached hydrogens (tertiary/aromatic N) is 2. The molecule has 2 aliphatic rings. The molecule has 0 radical (unpaired) electrons. The molecule has 1 saturated heterocycles. The number of aliphatic imine (C=N–C) groups is 1.